The molecule has 0 aromatic heterocycles. The van der Waals surface area contributed by atoms with E-state index in [1.165, 1.54) is 61.2 Å². The second-order valence-electron chi connectivity index (χ2n) is 10.7. The van der Waals surface area contributed by atoms with Gasteiger partial charge in [0.15, 0.2) is 0 Å². The average Bonchev–Trinajstić information content (AvgIpc) is 2.89. The van der Waals surface area contributed by atoms with E-state index >= 15 is 0 Å². The molecule has 13 nitrogen and oxygen atoms in total. The number of nitrogens with zero attached hydrogens (tertiary/aromatic N) is 3. The number of carbonyl (C=O) groups excluding carboxylic acids is 1. The van der Waals surface area contributed by atoms with Crippen LogP contribution in [0.4, 0.5) is 0 Å². The van der Waals surface area contributed by atoms with E-state index in [1.54, 1.807) is 0 Å². The molecule has 0 amide bonds. The van der Waals surface area contributed by atoms with Crippen LogP contribution in [0.5, 0.6) is 0 Å². The zero-order chi connectivity index (χ0) is 31.6. The van der Waals surface area contributed by atoms with Crippen LogP contribution in [0.15, 0.2) is 0 Å². The Labute approximate surface area is 288 Å². The Morgan fingerprint density at radius 1 is 0.488 bits per heavy atom. The molecule has 0 bridgehead atoms. The third-order valence-corrected chi connectivity index (χ3v) is 6.77. The third kappa shape index (κ3) is 30.4. The van der Waals surface area contributed by atoms with Crippen molar-refractivity contribution in [1.82, 2.24) is 14.7 Å². The summed E-state index contributed by atoms with van der Waals surface area (Å²) in [5.74, 6) is -4.92. The summed E-state index contributed by atoms with van der Waals surface area (Å²) in [6.07, 6.45) is 13.9. The van der Waals surface area contributed by atoms with Crippen molar-refractivity contribution in [1.29, 1.82) is 0 Å². The number of hydrogen-bond donors (Lipinski definition) is 4. The molecule has 0 aliphatic rings. The minimum Gasteiger partial charge on any atom is -0.480 e. The number of ether oxygens (including phenoxy) is 1. The summed E-state index contributed by atoms with van der Waals surface area (Å²) >= 11 is 0. The minimum absolute atomic E-state index is 0. The fraction of sp³-hybridized carbons (Fsp3) is 0.828. The van der Waals surface area contributed by atoms with Crippen LogP contribution in [0.2, 0.25) is 0 Å². The zero-order valence-electron chi connectivity index (χ0n) is 25.7. The Bertz CT molecular complexity index is 716. The molecule has 1 radical (unpaired) electrons. The number of unbranched alkanes of at least 4 members (excludes halogenated alkanes) is 10. The number of rotatable bonds is 30. The van der Waals surface area contributed by atoms with Crippen molar-refractivity contribution in [2.24, 2.45) is 0 Å². The van der Waals surface area contributed by atoms with Crippen LogP contribution < -0.4 is 0 Å². The molecule has 0 rings (SSSR count). The molecule has 0 aliphatic heterocycles. The van der Waals surface area contributed by atoms with E-state index in [0.29, 0.717) is 19.4 Å². The molecule has 0 heterocycles. The summed E-state index contributed by atoms with van der Waals surface area (Å²) in [6, 6.07) is 0. The van der Waals surface area contributed by atoms with E-state index in [9.17, 15) is 24.0 Å². The number of carboxylic acids is 4. The SMILES string of the molecule is CCCCCCCCCCCCCC(=O)OCCCN(CCN(CC(=O)O)CC(=O)O)CCN(CC(=O)O)CC(=O)O.[Gd+3]. The number of esters is 1. The molecule has 0 spiro atoms. The van der Waals surface area contributed by atoms with Gasteiger partial charge < -0.3 is 30.1 Å². The van der Waals surface area contributed by atoms with Gasteiger partial charge in [-0.3, -0.25) is 33.8 Å². The first-order chi connectivity index (χ1) is 20.0. The van der Waals surface area contributed by atoms with Gasteiger partial charge in [-0.15, -0.1) is 0 Å². The first kappa shape index (κ1) is 43.7. The van der Waals surface area contributed by atoms with Crippen LogP contribution >= 0.6 is 0 Å². The molecule has 0 fully saturated rings. The van der Waals surface area contributed by atoms with Gasteiger partial charge in [0.25, 0.3) is 0 Å². The molecule has 249 valence electrons. The Morgan fingerprint density at radius 3 is 1.21 bits per heavy atom. The van der Waals surface area contributed by atoms with Gasteiger partial charge in [0, 0.05) is 39.1 Å². The van der Waals surface area contributed by atoms with Crippen LogP contribution in [0.1, 0.15) is 90.4 Å². The van der Waals surface area contributed by atoms with E-state index in [1.807, 2.05) is 4.90 Å². The third-order valence-electron chi connectivity index (χ3n) is 6.77. The molecule has 0 atom stereocenters. The second kappa shape index (κ2) is 29.3. The Hall–Kier alpha value is -1.45. The minimum atomic E-state index is -1.17. The summed E-state index contributed by atoms with van der Waals surface area (Å²) in [7, 11) is 0. The van der Waals surface area contributed by atoms with Crippen LogP contribution in [0, 0.1) is 39.9 Å². The normalized spacial score (nSPS) is 11.1. The van der Waals surface area contributed by atoms with E-state index in [-0.39, 0.29) is 78.7 Å². The van der Waals surface area contributed by atoms with Crippen molar-refractivity contribution < 1.29 is 89.1 Å². The predicted molar refractivity (Wildman–Crippen MR) is 157 cm³/mol. The summed E-state index contributed by atoms with van der Waals surface area (Å²) in [6.45, 7) is 1.74. The number of hydrogen-bond acceptors (Lipinski definition) is 9. The van der Waals surface area contributed by atoms with Gasteiger partial charge in [0.2, 0.25) is 0 Å². The topological polar surface area (TPSA) is 185 Å². The van der Waals surface area contributed by atoms with Crippen LogP contribution in [0.25, 0.3) is 0 Å². The zero-order valence-corrected chi connectivity index (χ0v) is 28.0. The largest absolute Gasteiger partial charge is 3.00 e. The average molecular weight is 761 g/mol. The molecule has 4 N–H and O–H groups in total. The van der Waals surface area contributed by atoms with Gasteiger partial charge in [-0.05, 0) is 12.8 Å². The van der Waals surface area contributed by atoms with Gasteiger partial charge in [-0.2, -0.15) is 0 Å². The Morgan fingerprint density at radius 2 is 0.837 bits per heavy atom. The maximum atomic E-state index is 12.1. The molecule has 14 heteroatoms. The second-order valence-corrected chi connectivity index (χ2v) is 10.7. The van der Waals surface area contributed by atoms with Crippen LogP contribution in [-0.2, 0) is 28.7 Å². The number of carboxylic acid groups (broad SMARTS) is 4. The van der Waals surface area contributed by atoms with Gasteiger partial charge in [0.05, 0.1) is 32.8 Å². The maximum absolute atomic E-state index is 12.1. The first-order valence-corrected chi connectivity index (χ1v) is 15.2. The van der Waals surface area contributed by atoms with Gasteiger partial charge in [-0.25, -0.2) is 0 Å². The molecule has 43 heavy (non-hydrogen) atoms. The molecule has 0 saturated carbocycles. The van der Waals surface area contributed by atoms with Gasteiger partial charge in [-0.1, -0.05) is 71.1 Å². The number of carbonyl (C=O) groups is 5. The first-order valence-electron chi connectivity index (χ1n) is 15.2. The van der Waals surface area contributed by atoms with Crippen molar-refractivity contribution in [3.8, 4) is 0 Å². The van der Waals surface area contributed by atoms with E-state index in [4.69, 9.17) is 25.2 Å². The molecule has 0 aromatic carbocycles. The number of aliphatic carboxylic acids is 4. The summed E-state index contributed by atoms with van der Waals surface area (Å²) < 4.78 is 5.35. The summed E-state index contributed by atoms with van der Waals surface area (Å²) in [5.41, 5.74) is 0. The van der Waals surface area contributed by atoms with Crippen molar-refractivity contribution >= 4 is 29.8 Å². The molecule has 0 saturated heterocycles. The molecular formula is C29H53GdN3O10+3. The van der Waals surface area contributed by atoms with Crippen LogP contribution in [0.3, 0.4) is 0 Å². The molecular weight excluding hydrogens is 708 g/mol. The van der Waals surface area contributed by atoms with Crippen molar-refractivity contribution in [2.45, 2.75) is 90.4 Å². The van der Waals surface area contributed by atoms with Gasteiger partial charge in [0.1, 0.15) is 0 Å². The quantitative estimate of drug-likeness (QED) is 0.0620. The van der Waals surface area contributed by atoms with Crippen molar-refractivity contribution in [3.63, 3.8) is 0 Å². The van der Waals surface area contributed by atoms with E-state index < -0.39 is 50.1 Å². The Balaban J connectivity index is 0. The Kier molecular flexibility index (Phi) is 29.7. The smallest absolute Gasteiger partial charge is 0.480 e. The molecule has 0 aliphatic carbocycles. The fourth-order valence-corrected chi connectivity index (χ4v) is 4.57. The summed E-state index contributed by atoms with van der Waals surface area (Å²) in [4.78, 5) is 60.9. The van der Waals surface area contributed by atoms with Crippen molar-refractivity contribution in [3.05, 3.63) is 0 Å². The van der Waals surface area contributed by atoms with Crippen LogP contribution in [-0.4, -0.2) is 130 Å². The monoisotopic (exact) mass is 761 g/mol. The van der Waals surface area contributed by atoms with Gasteiger partial charge >= 0.3 is 69.8 Å². The standard InChI is InChI=1S/C29H53N3O10.Gd/c1-2-3-4-5-6-7-8-9-10-11-12-14-29(41)42-20-13-15-30(16-18-31(21-25(33)34)22-26(35)36)17-19-32(23-27(37)38)24-28(39)40;/h2-24H2,1H3,(H,33,34)(H,35,36)(H,37,38)(H,39,40);/q;+3. The van der Waals surface area contributed by atoms with Crippen molar-refractivity contribution in [2.75, 3.05) is 65.5 Å². The summed E-state index contributed by atoms with van der Waals surface area (Å²) in [5, 5.41) is 36.3. The molecule has 0 aromatic rings. The molecule has 0 unspecified atom stereocenters. The van der Waals surface area contributed by atoms with E-state index in [2.05, 4.69) is 6.92 Å². The fourth-order valence-electron chi connectivity index (χ4n) is 4.57. The van der Waals surface area contributed by atoms with E-state index in [0.717, 1.165) is 19.3 Å². The predicted octanol–water partition coefficient (Wildman–Crippen LogP) is 2.87. The maximum Gasteiger partial charge on any atom is 3.00 e.